The zero-order valence-corrected chi connectivity index (χ0v) is 18.9. The van der Waals surface area contributed by atoms with Gasteiger partial charge in [0.25, 0.3) is 5.91 Å². The second kappa shape index (κ2) is 9.48. The molecule has 4 rings (SSSR count). The summed E-state index contributed by atoms with van der Waals surface area (Å²) in [4.78, 5) is 14.3. The van der Waals surface area contributed by atoms with Crippen LogP contribution in [0.3, 0.4) is 0 Å². The first-order valence-corrected chi connectivity index (χ1v) is 10.5. The van der Waals surface area contributed by atoms with Gasteiger partial charge in [-0.15, -0.1) is 0 Å². The minimum Gasteiger partial charge on any atom is -0.493 e. The van der Waals surface area contributed by atoms with Crippen molar-refractivity contribution in [3.8, 4) is 23.3 Å². The van der Waals surface area contributed by atoms with Crippen molar-refractivity contribution in [1.29, 1.82) is 5.26 Å². The van der Waals surface area contributed by atoms with E-state index in [0.717, 1.165) is 12.1 Å². The second-order valence-electron chi connectivity index (χ2n) is 7.29. The maximum absolute atomic E-state index is 13.3. The fourth-order valence-electron chi connectivity index (χ4n) is 3.42. The zero-order valence-electron chi connectivity index (χ0n) is 18.1. The van der Waals surface area contributed by atoms with Crippen LogP contribution in [-0.2, 0) is 11.0 Å². The van der Waals surface area contributed by atoms with Gasteiger partial charge in [0.2, 0.25) is 0 Å². The molecule has 0 aliphatic carbocycles. The Hall–Kier alpha value is -4.36. The molecule has 0 radical (unpaired) electrons. The maximum Gasteiger partial charge on any atom is 0.417 e. The normalized spacial score (nSPS) is 14.6. The molecule has 0 aromatic heterocycles. The number of carbonyl (C=O) groups excluding carboxylic acids is 1. The van der Waals surface area contributed by atoms with Crippen LogP contribution in [0.2, 0.25) is 0 Å². The van der Waals surface area contributed by atoms with E-state index in [2.05, 4.69) is 5.32 Å². The van der Waals surface area contributed by atoms with Crippen molar-refractivity contribution in [1.82, 2.24) is 5.32 Å². The third-order valence-electron chi connectivity index (χ3n) is 5.04. The van der Waals surface area contributed by atoms with E-state index in [4.69, 9.17) is 27.0 Å². The van der Waals surface area contributed by atoms with Crippen LogP contribution in [0.4, 0.5) is 18.9 Å². The zero-order chi connectivity index (χ0) is 25.2. The highest BCUT2D eigenvalue weighted by Crippen LogP contribution is 2.38. The Morgan fingerprint density at radius 3 is 2.46 bits per heavy atom. The minimum atomic E-state index is -4.71. The third-order valence-corrected chi connectivity index (χ3v) is 5.32. The van der Waals surface area contributed by atoms with E-state index in [1.165, 1.54) is 30.2 Å². The first-order chi connectivity index (χ1) is 16.7. The van der Waals surface area contributed by atoms with Gasteiger partial charge >= 0.3 is 6.18 Å². The topological polar surface area (TPSA) is 74.6 Å². The monoisotopic (exact) mass is 495 g/mol. The summed E-state index contributed by atoms with van der Waals surface area (Å²) in [6.45, 7) is 0. The van der Waals surface area contributed by atoms with Crippen LogP contribution in [0, 0.1) is 11.3 Å². The molecule has 1 fully saturated rings. The summed E-state index contributed by atoms with van der Waals surface area (Å²) in [5, 5.41) is 12.1. The molecule has 0 bridgehead atoms. The van der Waals surface area contributed by atoms with Crippen molar-refractivity contribution in [3.63, 3.8) is 0 Å². The van der Waals surface area contributed by atoms with Gasteiger partial charge in [-0.1, -0.05) is 24.3 Å². The number of thiocarbonyl (C=S) groups is 1. The number of nitriles is 1. The van der Waals surface area contributed by atoms with Crippen molar-refractivity contribution in [2.75, 3.05) is 12.0 Å². The van der Waals surface area contributed by atoms with Gasteiger partial charge in [0.05, 0.1) is 30.0 Å². The Labute approximate surface area is 203 Å². The molecule has 35 heavy (non-hydrogen) atoms. The first kappa shape index (κ1) is 23.8. The van der Waals surface area contributed by atoms with Crippen molar-refractivity contribution >= 4 is 35.0 Å². The Morgan fingerprint density at radius 1 is 1.06 bits per heavy atom. The number of hydrogen-bond acceptors (Lipinski definition) is 5. The number of hydrogen-bond donors (Lipinski definition) is 1. The van der Waals surface area contributed by atoms with E-state index < -0.39 is 17.3 Å². The minimum absolute atomic E-state index is 0.114. The van der Waals surface area contributed by atoms with E-state index in [1.54, 1.807) is 42.5 Å². The molecular formula is C25H16F3N3O3S. The molecule has 3 aromatic carbocycles. The number of anilines is 1. The van der Waals surface area contributed by atoms with E-state index in [-0.39, 0.29) is 34.0 Å². The van der Waals surface area contributed by atoms with E-state index >= 15 is 0 Å². The molecule has 1 N–H and O–H groups in total. The maximum atomic E-state index is 13.3. The van der Waals surface area contributed by atoms with Crippen LogP contribution in [0.25, 0.3) is 6.08 Å². The summed E-state index contributed by atoms with van der Waals surface area (Å²) >= 11 is 5.30. The molecule has 1 heterocycles. The van der Waals surface area contributed by atoms with Crippen LogP contribution in [0.1, 0.15) is 16.7 Å². The number of rotatable bonds is 5. The second-order valence-corrected chi connectivity index (χ2v) is 7.68. The summed E-state index contributed by atoms with van der Waals surface area (Å²) in [6, 6.07) is 18.2. The van der Waals surface area contributed by atoms with Gasteiger partial charge in [0, 0.05) is 0 Å². The van der Waals surface area contributed by atoms with Crippen LogP contribution in [0.5, 0.6) is 17.2 Å². The highest BCUT2D eigenvalue weighted by atomic mass is 32.1. The lowest BCUT2D eigenvalue weighted by atomic mass is 10.1. The lowest BCUT2D eigenvalue weighted by Crippen LogP contribution is -2.30. The molecule has 1 aliphatic heterocycles. The smallest absolute Gasteiger partial charge is 0.417 e. The molecule has 6 nitrogen and oxygen atoms in total. The summed E-state index contributed by atoms with van der Waals surface area (Å²) in [5.41, 5.74) is -0.159. The van der Waals surface area contributed by atoms with Gasteiger partial charge < -0.3 is 14.8 Å². The highest BCUT2D eigenvalue weighted by molar-refractivity contribution is 7.80. The molecule has 10 heteroatoms. The van der Waals surface area contributed by atoms with Gasteiger partial charge in [0.1, 0.15) is 11.4 Å². The summed E-state index contributed by atoms with van der Waals surface area (Å²) in [5.74, 6) is -0.0696. The predicted molar refractivity (Wildman–Crippen MR) is 127 cm³/mol. The number of amides is 1. The summed E-state index contributed by atoms with van der Waals surface area (Å²) in [6.07, 6.45) is -3.13. The SMILES string of the molecule is COc1cc(/C=C2\NC(=S)N(c3ccccc3)C2=O)ccc1Oc1ccc(C#N)c(C(F)(F)F)c1. The Bertz CT molecular complexity index is 1380. The number of nitrogens with one attached hydrogen (secondary N) is 1. The van der Waals surface area contributed by atoms with Crippen LogP contribution >= 0.6 is 12.2 Å². The van der Waals surface area contributed by atoms with Gasteiger partial charge in [-0.25, -0.2) is 0 Å². The third kappa shape index (κ3) is 4.95. The van der Waals surface area contributed by atoms with Crippen molar-refractivity contribution < 1.29 is 27.4 Å². The molecule has 1 aliphatic rings. The average molecular weight is 495 g/mol. The number of para-hydroxylation sites is 1. The number of nitrogens with zero attached hydrogens (tertiary/aromatic N) is 2. The van der Waals surface area contributed by atoms with E-state index in [1.807, 2.05) is 6.07 Å². The lowest BCUT2D eigenvalue weighted by molar-refractivity contribution is -0.137. The first-order valence-electron chi connectivity index (χ1n) is 10.1. The highest BCUT2D eigenvalue weighted by Gasteiger charge is 2.34. The van der Waals surface area contributed by atoms with Gasteiger partial charge in [-0.2, -0.15) is 18.4 Å². The molecule has 0 saturated carbocycles. The number of methoxy groups -OCH3 is 1. The Balaban J connectivity index is 1.60. The molecular weight excluding hydrogens is 479 g/mol. The van der Waals surface area contributed by atoms with Crippen LogP contribution in [-0.4, -0.2) is 18.1 Å². The quantitative estimate of drug-likeness (QED) is 0.365. The molecule has 0 atom stereocenters. The number of carbonyl (C=O) groups is 1. The molecule has 1 amide bonds. The molecule has 0 unspecified atom stereocenters. The average Bonchev–Trinajstić information content (AvgIpc) is 3.12. The van der Waals surface area contributed by atoms with Gasteiger partial charge in [-0.3, -0.25) is 9.69 Å². The largest absolute Gasteiger partial charge is 0.493 e. The Morgan fingerprint density at radius 2 is 1.80 bits per heavy atom. The van der Waals surface area contributed by atoms with Crippen LogP contribution in [0.15, 0.2) is 72.4 Å². The van der Waals surface area contributed by atoms with Crippen molar-refractivity contribution in [2.24, 2.45) is 0 Å². The lowest BCUT2D eigenvalue weighted by Gasteiger charge is -2.14. The Kier molecular flexibility index (Phi) is 6.44. The van der Waals surface area contributed by atoms with E-state index in [9.17, 15) is 18.0 Å². The van der Waals surface area contributed by atoms with Gasteiger partial charge in [-0.05, 0) is 66.3 Å². The number of alkyl halides is 3. The van der Waals surface area contributed by atoms with E-state index in [0.29, 0.717) is 11.3 Å². The fourth-order valence-corrected chi connectivity index (χ4v) is 3.72. The molecule has 1 saturated heterocycles. The molecule has 0 spiro atoms. The molecule has 176 valence electrons. The fraction of sp³-hybridized carbons (Fsp3) is 0.0800. The van der Waals surface area contributed by atoms with Crippen LogP contribution < -0.4 is 19.7 Å². The van der Waals surface area contributed by atoms with Crippen molar-refractivity contribution in [3.05, 3.63) is 89.1 Å². The summed E-state index contributed by atoms with van der Waals surface area (Å²) < 4.78 is 50.7. The number of ether oxygens (including phenoxy) is 2. The van der Waals surface area contributed by atoms with Gasteiger partial charge in [0.15, 0.2) is 16.6 Å². The summed E-state index contributed by atoms with van der Waals surface area (Å²) in [7, 11) is 1.38. The van der Waals surface area contributed by atoms with Crippen molar-refractivity contribution in [2.45, 2.75) is 6.18 Å². The predicted octanol–water partition coefficient (Wildman–Crippen LogP) is 5.64. The molecule has 3 aromatic rings. The standard InChI is InChI=1S/C25H16F3N3O3S/c1-33-22-12-15(11-20-23(32)31(24(35)30-20)17-5-3-2-4-6-17)7-10-21(22)34-18-9-8-16(14-29)19(13-18)25(26,27)28/h2-13H,1H3,(H,30,35)/b20-11-. The number of benzene rings is 3. The number of halogens is 3.